The van der Waals surface area contributed by atoms with Crippen molar-refractivity contribution in [3.63, 3.8) is 0 Å². The quantitative estimate of drug-likeness (QED) is 0.782. The number of aliphatic hydroxyl groups excluding tert-OH is 1. The number of aryl methyl sites for hydroxylation is 1. The average molecular weight is 343 g/mol. The Hall–Kier alpha value is -2.24. The molecule has 0 saturated carbocycles. The summed E-state index contributed by atoms with van der Waals surface area (Å²) in [6, 6.07) is 13.3. The predicted octanol–water partition coefficient (Wildman–Crippen LogP) is 2.59. The maximum absolute atomic E-state index is 13.2. The second-order valence-corrected chi connectivity index (χ2v) is 6.59. The molecule has 2 atom stereocenters. The van der Waals surface area contributed by atoms with Gasteiger partial charge >= 0.3 is 0 Å². The smallest absolute Gasteiger partial charge is 0.223 e. The first-order valence-electron chi connectivity index (χ1n) is 8.49. The summed E-state index contributed by atoms with van der Waals surface area (Å²) in [4.78, 5) is 12.1. The van der Waals surface area contributed by atoms with Crippen molar-refractivity contribution in [2.24, 2.45) is 0 Å². The van der Waals surface area contributed by atoms with Crippen molar-refractivity contribution >= 4 is 5.91 Å². The third kappa shape index (κ3) is 4.06. The van der Waals surface area contributed by atoms with Crippen LogP contribution in [0.25, 0.3) is 0 Å². The molecule has 3 rings (SSSR count). The van der Waals surface area contributed by atoms with E-state index in [0.29, 0.717) is 12.0 Å². The maximum atomic E-state index is 13.2. The monoisotopic (exact) mass is 343 g/mol. The van der Waals surface area contributed by atoms with Gasteiger partial charge in [-0.2, -0.15) is 0 Å². The van der Waals surface area contributed by atoms with E-state index in [1.54, 1.807) is 6.07 Å². The SMILES string of the molecule is O=C(C[C@H](O)c1cccc(F)c1)NC[C@]1(O)CCCc2ccccc21. The standard InChI is InChI=1S/C20H22FNO3/c21-16-8-3-6-15(11-16)18(23)12-19(24)22-13-20(25)10-4-7-14-5-1-2-9-17(14)20/h1-3,5-6,8-9,11,18,23,25H,4,7,10,12-13H2,(H,22,24)/t18-,20+/m0/s1. The van der Waals surface area contributed by atoms with Crippen LogP contribution in [-0.4, -0.2) is 22.7 Å². The van der Waals surface area contributed by atoms with Gasteiger partial charge in [-0.3, -0.25) is 4.79 Å². The molecule has 25 heavy (non-hydrogen) atoms. The molecule has 0 unspecified atom stereocenters. The maximum Gasteiger partial charge on any atom is 0.223 e. The number of nitrogens with one attached hydrogen (secondary N) is 1. The second-order valence-electron chi connectivity index (χ2n) is 6.59. The first-order valence-corrected chi connectivity index (χ1v) is 8.49. The summed E-state index contributed by atoms with van der Waals surface area (Å²) in [5.74, 6) is -0.835. The summed E-state index contributed by atoms with van der Waals surface area (Å²) >= 11 is 0. The molecule has 0 aliphatic heterocycles. The highest BCUT2D eigenvalue weighted by Gasteiger charge is 2.34. The van der Waals surface area contributed by atoms with Gasteiger partial charge in [-0.1, -0.05) is 36.4 Å². The lowest BCUT2D eigenvalue weighted by molar-refractivity contribution is -0.124. The van der Waals surface area contributed by atoms with Crippen LogP contribution >= 0.6 is 0 Å². The van der Waals surface area contributed by atoms with E-state index in [2.05, 4.69) is 5.32 Å². The zero-order chi connectivity index (χ0) is 17.9. The zero-order valence-electron chi connectivity index (χ0n) is 13.9. The lowest BCUT2D eigenvalue weighted by atomic mass is 9.79. The van der Waals surface area contributed by atoms with E-state index in [9.17, 15) is 19.4 Å². The molecule has 1 aliphatic carbocycles. The summed E-state index contributed by atoms with van der Waals surface area (Å²) in [7, 11) is 0. The summed E-state index contributed by atoms with van der Waals surface area (Å²) < 4.78 is 13.2. The van der Waals surface area contributed by atoms with Gasteiger partial charge in [-0.25, -0.2) is 4.39 Å². The van der Waals surface area contributed by atoms with Gasteiger partial charge in [0, 0.05) is 0 Å². The third-order valence-corrected chi connectivity index (χ3v) is 4.75. The largest absolute Gasteiger partial charge is 0.388 e. The Labute approximate surface area is 146 Å². The topological polar surface area (TPSA) is 69.6 Å². The third-order valence-electron chi connectivity index (χ3n) is 4.75. The van der Waals surface area contributed by atoms with E-state index >= 15 is 0 Å². The number of hydrogen-bond acceptors (Lipinski definition) is 3. The van der Waals surface area contributed by atoms with Crippen molar-refractivity contribution in [1.82, 2.24) is 5.32 Å². The zero-order valence-corrected chi connectivity index (χ0v) is 13.9. The van der Waals surface area contributed by atoms with E-state index in [-0.39, 0.29) is 18.9 Å². The molecule has 2 aromatic carbocycles. The van der Waals surface area contributed by atoms with E-state index in [4.69, 9.17) is 0 Å². The number of benzene rings is 2. The minimum Gasteiger partial charge on any atom is -0.388 e. The van der Waals surface area contributed by atoms with Gasteiger partial charge in [-0.15, -0.1) is 0 Å². The second kappa shape index (κ2) is 7.33. The van der Waals surface area contributed by atoms with Crippen molar-refractivity contribution in [2.75, 3.05) is 6.54 Å². The Bertz CT molecular complexity index is 764. The van der Waals surface area contributed by atoms with Crippen LogP contribution in [0.4, 0.5) is 4.39 Å². The molecule has 2 aromatic rings. The Morgan fingerprint density at radius 1 is 1.24 bits per heavy atom. The van der Waals surface area contributed by atoms with E-state index < -0.39 is 17.5 Å². The van der Waals surface area contributed by atoms with Crippen LogP contribution in [0.2, 0.25) is 0 Å². The number of aliphatic hydroxyl groups is 2. The molecule has 0 saturated heterocycles. The van der Waals surface area contributed by atoms with Crippen LogP contribution in [0.1, 0.15) is 42.1 Å². The van der Waals surface area contributed by atoms with Gasteiger partial charge in [0.1, 0.15) is 11.4 Å². The lowest BCUT2D eigenvalue weighted by Gasteiger charge is -2.34. The van der Waals surface area contributed by atoms with Crippen LogP contribution in [0.5, 0.6) is 0 Å². The van der Waals surface area contributed by atoms with Gasteiger partial charge < -0.3 is 15.5 Å². The number of halogens is 1. The Balaban J connectivity index is 1.61. The van der Waals surface area contributed by atoms with Gasteiger partial charge in [-0.05, 0) is 48.1 Å². The molecule has 0 fully saturated rings. The van der Waals surface area contributed by atoms with E-state index in [1.807, 2.05) is 24.3 Å². The minimum atomic E-state index is -1.09. The average Bonchev–Trinajstić information content (AvgIpc) is 2.60. The van der Waals surface area contributed by atoms with Crippen LogP contribution in [-0.2, 0) is 16.8 Å². The Morgan fingerprint density at radius 3 is 2.84 bits per heavy atom. The predicted molar refractivity (Wildman–Crippen MR) is 92.3 cm³/mol. The fourth-order valence-corrected chi connectivity index (χ4v) is 3.41. The fraction of sp³-hybridized carbons (Fsp3) is 0.350. The highest BCUT2D eigenvalue weighted by Crippen LogP contribution is 2.34. The number of hydrogen-bond donors (Lipinski definition) is 3. The molecule has 0 bridgehead atoms. The molecule has 1 aliphatic rings. The lowest BCUT2D eigenvalue weighted by Crippen LogP contribution is -2.43. The molecule has 5 heteroatoms. The van der Waals surface area contributed by atoms with Gasteiger partial charge in [0.25, 0.3) is 0 Å². The van der Waals surface area contributed by atoms with E-state index in [1.165, 1.54) is 18.2 Å². The van der Waals surface area contributed by atoms with Crippen molar-refractivity contribution in [2.45, 2.75) is 37.4 Å². The number of carbonyl (C=O) groups excluding carboxylic acids is 1. The van der Waals surface area contributed by atoms with E-state index in [0.717, 1.165) is 24.0 Å². The van der Waals surface area contributed by atoms with Gasteiger partial charge in [0.2, 0.25) is 5.91 Å². The fourth-order valence-electron chi connectivity index (χ4n) is 3.41. The van der Waals surface area contributed by atoms with Crippen LogP contribution in [0, 0.1) is 5.82 Å². The number of amides is 1. The highest BCUT2D eigenvalue weighted by atomic mass is 19.1. The molecule has 3 N–H and O–H groups in total. The van der Waals surface area contributed by atoms with Gasteiger partial charge in [0.05, 0.1) is 19.1 Å². The Kier molecular flexibility index (Phi) is 5.16. The summed E-state index contributed by atoms with van der Waals surface area (Å²) in [6.45, 7) is 0.0959. The molecule has 0 heterocycles. The molecule has 4 nitrogen and oxygen atoms in total. The normalized spacial score (nSPS) is 20.6. The van der Waals surface area contributed by atoms with Crippen molar-refractivity contribution in [3.8, 4) is 0 Å². The minimum absolute atomic E-state index is 0.0959. The number of fused-ring (bicyclic) bond motifs is 1. The number of carbonyl (C=O) groups is 1. The summed E-state index contributed by atoms with van der Waals surface area (Å²) in [6.07, 6.45) is 1.10. The first kappa shape index (κ1) is 17.6. The molecule has 1 amide bonds. The van der Waals surface area contributed by atoms with Crippen LogP contribution < -0.4 is 5.32 Å². The molecular weight excluding hydrogens is 321 g/mol. The summed E-state index contributed by atoms with van der Waals surface area (Å²) in [5, 5.41) is 23.7. The van der Waals surface area contributed by atoms with Gasteiger partial charge in [0.15, 0.2) is 0 Å². The molecule has 0 aromatic heterocycles. The molecule has 0 spiro atoms. The van der Waals surface area contributed by atoms with Crippen molar-refractivity contribution in [1.29, 1.82) is 0 Å². The summed E-state index contributed by atoms with van der Waals surface area (Å²) in [5.41, 5.74) is 1.23. The first-order chi connectivity index (χ1) is 12.0. The molecule has 0 radical (unpaired) electrons. The van der Waals surface area contributed by atoms with Crippen molar-refractivity contribution in [3.05, 3.63) is 71.0 Å². The molecular formula is C20H22FNO3. The highest BCUT2D eigenvalue weighted by molar-refractivity contribution is 5.76. The Morgan fingerprint density at radius 2 is 2.04 bits per heavy atom. The number of rotatable bonds is 5. The van der Waals surface area contributed by atoms with Crippen molar-refractivity contribution < 1.29 is 19.4 Å². The molecule has 132 valence electrons. The van der Waals surface area contributed by atoms with Crippen LogP contribution in [0.15, 0.2) is 48.5 Å². The van der Waals surface area contributed by atoms with Crippen LogP contribution in [0.3, 0.4) is 0 Å².